The van der Waals surface area contributed by atoms with Gasteiger partial charge in [-0.1, -0.05) is 40.5 Å². The maximum Gasteiger partial charge on any atom is 0.168 e. The second-order valence-electron chi connectivity index (χ2n) is 7.52. The summed E-state index contributed by atoms with van der Waals surface area (Å²) in [6.07, 6.45) is 9.95. The second-order valence-corrected chi connectivity index (χ2v) is 7.52. The SMILES string of the molecule is CC.CCCC1CCC2(CC1)OCC(CCN(CCC)CCOCC)O2. The lowest BCUT2D eigenvalue weighted by molar-refractivity contribution is -0.193. The summed E-state index contributed by atoms with van der Waals surface area (Å²) in [5.41, 5.74) is 0. The van der Waals surface area contributed by atoms with E-state index in [1.807, 2.05) is 13.8 Å². The van der Waals surface area contributed by atoms with E-state index in [9.17, 15) is 0 Å². The summed E-state index contributed by atoms with van der Waals surface area (Å²) in [6, 6.07) is 0. The average Bonchev–Trinajstić information content (AvgIpc) is 3.07. The molecule has 2 rings (SSSR count). The van der Waals surface area contributed by atoms with Gasteiger partial charge in [-0.3, -0.25) is 0 Å². The number of hydrogen-bond acceptors (Lipinski definition) is 4. The van der Waals surface area contributed by atoms with Crippen LogP contribution in [0.2, 0.25) is 0 Å². The standard InChI is InChI=1S/C20H39NO3.C2H6/c1-4-7-18-8-11-20(12-9-18)23-17-19(24-20)10-14-21(13-5-2)15-16-22-6-3;1-2/h18-19H,4-17H2,1-3H3;1-2H3. The van der Waals surface area contributed by atoms with Crippen LogP contribution in [-0.2, 0) is 14.2 Å². The Balaban J connectivity index is 0.00000163. The Morgan fingerprint density at radius 2 is 1.69 bits per heavy atom. The molecule has 0 amide bonds. The summed E-state index contributed by atoms with van der Waals surface area (Å²) >= 11 is 0. The first-order valence-electron chi connectivity index (χ1n) is 11.3. The van der Waals surface area contributed by atoms with Gasteiger partial charge in [0.1, 0.15) is 0 Å². The minimum atomic E-state index is -0.240. The molecular weight excluding hydrogens is 326 g/mol. The zero-order valence-electron chi connectivity index (χ0n) is 18.2. The summed E-state index contributed by atoms with van der Waals surface area (Å²) in [5.74, 6) is 0.654. The van der Waals surface area contributed by atoms with Crippen molar-refractivity contribution in [2.24, 2.45) is 5.92 Å². The van der Waals surface area contributed by atoms with Crippen LogP contribution < -0.4 is 0 Å². The van der Waals surface area contributed by atoms with Gasteiger partial charge in [-0.25, -0.2) is 0 Å². The van der Waals surface area contributed by atoms with Gasteiger partial charge in [0.15, 0.2) is 5.79 Å². The Morgan fingerprint density at radius 3 is 2.31 bits per heavy atom. The summed E-state index contributed by atoms with van der Waals surface area (Å²) in [7, 11) is 0. The fraction of sp³-hybridized carbons (Fsp3) is 1.00. The van der Waals surface area contributed by atoms with Gasteiger partial charge in [-0.15, -0.1) is 0 Å². The van der Waals surface area contributed by atoms with Crippen LogP contribution in [0.4, 0.5) is 0 Å². The van der Waals surface area contributed by atoms with Crippen LogP contribution in [0.1, 0.15) is 86.0 Å². The number of hydrogen-bond donors (Lipinski definition) is 0. The molecule has 0 radical (unpaired) electrons. The molecule has 0 aromatic heterocycles. The number of rotatable bonds is 11. The highest BCUT2D eigenvalue weighted by atomic mass is 16.7. The van der Waals surface area contributed by atoms with Crippen molar-refractivity contribution in [3.8, 4) is 0 Å². The van der Waals surface area contributed by atoms with E-state index in [1.54, 1.807) is 0 Å². The maximum atomic E-state index is 6.39. The van der Waals surface area contributed by atoms with E-state index in [-0.39, 0.29) is 11.9 Å². The van der Waals surface area contributed by atoms with Crippen LogP contribution in [0.25, 0.3) is 0 Å². The quantitative estimate of drug-likeness (QED) is 0.464. The third-order valence-electron chi connectivity index (χ3n) is 5.54. The van der Waals surface area contributed by atoms with Crippen molar-refractivity contribution in [2.45, 2.75) is 97.9 Å². The molecule has 1 atom stereocenters. The molecule has 1 unspecified atom stereocenters. The van der Waals surface area contributed by atoms with Gasteiger partial charge in [-0.2, -0.15) is 0 Å². The van der Waals surface area contributed by atoms with Gasteiger partial charge < -0.3 is 19.1 Å². The van der Waals surface area contributed by atoms with Gasteiger partial charge >= 0.3 is 0 Å². The van der Waals surface area contributed by atoms with Crippen molar-refractivity contribution in [1.82, 2.24) is 4.90 Å². The zero-order chi connectivity index (χ0) is 19.3. The van der Waals surface area contributed by atoms with Crippen LogP contribution in [0.15, 0.2) is 0 Å². The predicted molar refractivity (Wildman–Crippen MR) is 110 cm³/mol. The molecule has 1 saturated heterocycles. The van der Waals surface area contributed by atoms with Crippen LogP contribution in [0, 0.1) is 5.92 Å². The maximum absolute atomic E-state index is 6.39. The Labute approximate surface area is 162 Å². The van der Waals surface area contributed by atoms with E-state index < -0.39 is 0 Å². The number of nitrogens with zero attached hydrogens (tertiary/aromatic N) is 1. The van der Waals surface area contributed by atoms with Gasteiger partial charge in [0.05, 0.1) is 19.3 Å². The fourth-order valence-corrected chi connectivity index (χ4v) is 4.15. The van der Waals surface area contributed by atoms with Crippen molar-refractivity contribution in [3.05, 3.63) is 0 Å². The molecule has 156 valence electrons. The van der Waals surface area contributed by atoms with Crippen molar-refractivity contribution >= 4 is 0 Å². The van der Waals surface area contributed by atoms with Gasteiger partial charge in [0, 0.05) is 32.5 Å². The second kappa shape index (κ2) is 13.9. The third kappa shape index (κ3) is 8.24. The van der Waals surface area contributed by atoms with E-state index in [4.69, 9.17) is 14.2 Å². The third-order valence-corrected chi connectivity index (χ3v) is 5.54. The molecule has 1 aliphatic heterocycles. The molecule has 2 aliphatic rings. The monoisotopic (exact) mass is 371 g/mol. The van der Waals surface area contributed by atoms with Crippen LogP contribution in [-0.4, -0.2) is 56.2 Å². The summed E-state index contributed by atoms with van der Waals surface area (Å²) in [5, 5.41) is 0. The van der Waals surface area contributed by atoms with Crippen molar-refractivity contribution in [2.75, 3.05) is 39.5 Å². The molecule has 0 bridgehead atoms. The average molecular weight is 372 g/mol. The van der Waals surface area contributed by atoms with Gasteiger partial charge in [0.25, 0.3) is 0 Å². The molecule has 1 heterocycles. The molecule has 0 aromatic rings. The molecule has 1 spiro atoms. The molecule has 0 aromatic carbocycles. The molecular formula is C22H45NO3. The minimum Gasteiger partial charge on any atom is -0.380 e. The molecule has 4 heteroatoms. The highest BCUT2D eigenvalue weighted by Crippen LogP contribution is 2.41. The van der Waals surface area contributed by atoms with Crippen LogP contribution >= 0.6 is 0 Å². The van der Waals surface area contributed by atoms with E-state index in [2.05, 4.69) is 25.7 Å². The molecule has 26 heavy (non-hydrogen) atoms. The van der Waals surface area contributed by atoms with Crippen molar-refractivity contribution < 1.29 is 14.2 Å². The number of ether oxygens (including phenoxy) is 3. The highest BCUT2D eigenvalue weighted by Gasteiger charge is 2.43. The minimum absolute atomic E-state index is 0.240. The Kier molecular flexibility index (Phi) is 12.8. The fourth-order valence-electron chi connectivity index (χ4n) is 4.15. The van der Waals surface area contributed by atoms with Crippen molar-refractivity contribution in [3.63, 3.8) is 0 Å². The summed E-state index contributed by atoms with van der Waals surface area (Å²) < 4.78 is 18.0. The van der Waals surface area contributed by atoms with Crippen molar-refractivity contribution in [1.29, 1.82) is 0 Å². The lowest BCUT2D eigenvalue weighted by Crippen LogP contribution is -2.36. The van der Waals surface area contributed by atoms with Gasteiger partial charge in [-0.05, 0) is 45.1 Å². The van der Waals surface area contributed by atoms with E-state index >= 15 is 0 Å². The first-order chi connectivity index (χ1) is 12.7. The normalized spacial score (nSPS) is 28.4. The largest absolute Gasteiger partial charge is 0.380 e. The Hall–Kier alpha value is -0.160. The van der Waals surface area contributed by atoms with E-state index in [1.165, 1.54) is 32.1 Å². The Morgan fingerprint density at radius 1 is 0.962 bits per heavy atom. The topological polar surface area (TPSA) is 30.9 Å². The summed E-state index contributed by atoms with van der Waals surface area (Å²) in [4.78, 5) is 2.50. The Bertz CT molecular complexity index is 329. The molecule has 4 nitrogen and oxygen atoms in total. The van der Waals surface area contributed by atoms with E-state index in [0.717, 1.165) is 64.6 Å². The summed E-state index contributed by atoms with van der Waals surface area (Å²) in [6.45, 7) is 16.3. The predicted octanol–water partition coefficient (Wildman–Crippen LogP) is 5.25. The lowest BCUT2D eigenvalue weighted by Gasteiger charge is -2.36. The molecule has 1 saturated carbocycles. The first-order valence-corrected chi connectivity index (χ1v) is 11.3. The van der Waals surface area contributed by atoms with Crippen LogP contribution in [0.3, 0.4) is 0 Å². The first kappa shape index (κ1) is 23.9. The highest BCUT2D eigenvalue weighted by molar-refractivity contribution is 4.85. The van der Waals surface area contributed by atoms with E-state index in [0.29, 0.717) is 0 Å². The molecule has 0 N–H and O–H groups in total. The van der Waals surface area contributed by atoms with Gasteiger partial charge in [0.2, 0.25) is 0 Å². The molecule has 2 fully saturated rings. The van der Waals surface area contributed by atoms with Crippen LogP contribution in [0.5, 0.6) is 0 Å². The smallest absolute Gasteiger partial charge is 0.168 e. The lowest BCUT2D eigenvalue weighted by atomic mass is 9.83. The zero-order valence-corrected chi connectivity index (χ0v) is 18.2. The molecule has 1 aliphatic carbocycles.